The van der Waals surface area contributed by atoms with Gasteiger partial charge in [0.05, 0.1) is 24.4 Å². The number of likely N-dealkylation sites (tertiary alicyclic amines) is 1. The van der Waals surface area contributed by atoms with Gasteiger partial charge in [0, 0.05) is 31.4 Å². The van der Waals surface area contributed by atoms with Crippen LogP contribution in [0.2, 0.25) is 0 Å². The quantitative estimate of drug-likeness (QED) is 0.426. The van der Waals surface area contributed by atoms with Crippen LogP contribution in [0.1, 0.15) is 25.5 Å². The molecule has 0 unspecified atom stereocenters. The van der Waals surface area contributed by atoms with E-state index in [9.17, 15) is 24.0 Å². The second kappa shape index (κ2) is 11.2. The number of nitrogens with two attached hydrogens (primary N) is 1. The molecule has 4 heterocycles. The van der Waals surface area contributed by atoms with Gasteiger partial charge in [-0.05, 0) is 19.8 Å². The van der Waals surface area contributed by atoms with Gasteiger partial charge in [-0.15, -0.1) is 11.3 Å². The van der Waals surface area contributed by atoms with Crippen LogP contribution in [-0.4, -0.2) is 113 Å². The molecule has 0 radical (unpaired) electrons. The SMILES string of the molecule is C[C@@H]1OC(=O)N(CC(=O)N2CCOCC2)[C@@H]1C(=O)N[C@@H](Cc1cscn1)C(=O)N1CCC[C@H]1C(N)=O. The van der Waals surface area contributed by atoms with Crippen molar-refractivity contribution in [1.29, 1.82) is 0 Å². The number of thiazole rings is 1. The van der Waals surface area contributed by atoms with Gasteiger partial charge in [0.1, 0.15) is 24.7 Å². The second-order valence-corrected chi connectivity index (χ2v) is 9.71. The first-order valence-electron chi connectivity index (χ1n) is 11.9. The van der Waals surface area contributed by atoms with E-state index in [0.29, 0.717) is 51.4 Å². The van der Waals surface area contributed by atoms with E-state index in [4.69, 9.17) is 15.2 Å². The average molecular weight is 523 g/mol. The monoisotopic (exact) mass is 522 g/mol. The molecule has 1 aromatic heterocycles. The van der Waals surface area contributed by atoms with Crippen LogP contribution in [0.4, 0.5) is 4.79 Å². The summed E-state index contributed by atoms with van der Waals surface area (Å²) in [6.45, 7) is 3.17. The molecule has 3 N–H and O–H groups in total. The number of carbonyl (C=O) groups excluding carboxylic acids is 5. The van der Waals surface area contributed by atoms with Crippen molar-refractivity contribution in [1.82, 2.24) is 25.0 Å². The van der Waals surface area contributed by atoms with Crippen LogP contribution in [0.3, 0.4) is 0 Å². The van der Waals surface area contributed by atoms with Crippen molar-refractivity contribution in [3.8, 4) is 0 Å². The lowest BCUT2D eigenvalue weighted by Gasteiger charge is -2.31. The molecule has 0 aliphatic carbocycles. The van der Waals surface area contributed by atoms with Crippen molar-refractivity contribution in [3.05, 3.63) is 16.6 Å². The molecule has 0 spiro atoms. The zero-order valence-electron chi connectivity index (χ0n) is 20.0. The van der Waals surface area contributed by atoms with E-state index >= 15 is 0 Å². The third-order valence-electron chi connectivity index (χ3n) is 6.62. The van der Waals surface area contributed by atoms with Gasteiger partial charge >= 0.3 is 6.09 Å². The van der Waals surface area contributed by atoms with Gasteiger partial charge in [0.2, 0.25) is 23.6 Å². The Morgan fingerprint density at radius 3 is 2.67 bits per heavy atom. The number of morpholine rings is 1. The molecule has 0 bridgehead atoms. The number of hydrogen-bond donors (Lipinski definition) is 2. The van der Waals surface area contributed by atoms with E-state index in [0.717, 1.165) is 4.90 Å². The molecule has 3 fully saturated rings. The summed E-state index contributed by atoms with van der Waals surface area (Å²) in [7, 11) is 0. The van der Waals surface area contributed by atoms with Gasteiger partial charge in [-0.2, -0.15) is 0 Å². The first-order chi connectivity index (χ1) is 17.3. The fraction of sp³-hybridized carbons (Fsp3) is 0.636. The summed E-state index contributed by atoms with van der Waals surface area (Å²) >= 11 is 1.35. The molecule has 3 saturated heterocycles. The Morgan fingerprint density at radius 2 is 2.00 bits per heavy atom. The Hall–Kier alpha value is -3.26. The number of primary amides is 1. The second-order valence-electron chi connectivity index (χ2n) is 8.99. The molecule has 13 nitrogen and oxygen atoms in total. The maximum absolute atomic E-state index is 13.4. The minimum atomic E-state index is -1.11. The van der Waals surface area contributed by atoms with Crippen molar-refractivity contribution >= 4 is 41.1 Å². The van der Waals surface area contributed by atoms with Gasteiger partial charge in [0.25, 0.3) is 0 Å². The smallest absolute Gasteiger partial charge is 0.411 e. The van der Waals surface area contributed by atoms with Gasteiger partial charge < -0.3 is 30.3 Å². The summed E-state index contributed by atoms with van der Waals surface area (Å²) in [5, 5.41) is 4.49. The molecule has 4 atom stereocenters. The number of hydrogen-bond acceptors (Lipinski definition) is 9. The Kier molecular flexibility index (Phi) is 8.04. The molecule has 0 aromatic carbocycles. The number of ether oxygens (including phenoxy) is 2. The lowest BCUT2D eigenvalue weighted by Crippen LogP contribution is -2.58. The van der Waals surface area contributed by atoms with Crippen LogP contribution in [0.25, 0.3) is 0 Å². The summed E-state index contributed by atoms with van der Waals surface area (Å²) in [4.78, 5) is 72.3. The number of rotatable bonds is 8. The van der Waals surface area contributed by atoms with Crippen LogP contribution in [0.15, 0.2) is 10.9 Å². The highest BCUT2D eigenvalue weighted by molar-refractivity contribution is 7.07. The topological polar surface area (TPSA) is 164 Å². The predicted octanol–water partition coefficient (Wildman–Crippen LogP) is -1.29. The van der Waals surface area contributed by atoms with Crippen molar-refractivity contribution in [2.24, 2.45) is 5.73 Å². The van der Waals surface area contributed by atoms with E-state index in [-0.39, 0.29) is 18.9 Å². The first-order valence-corrected chi connectivity index (χ1v) is 12.8. The Morgan fingerprint density at radius 1 is 1.25 bits per heavy atom. The number of aromatic nitrogens is 1. The summed E-state index contributed by atoms with van der Waals surface area (Å²) in [6, 6.07) is -2.90. The van der Waals surface area contributed by atoms with Crippen molar-refractivity contribution < 1.29 is 33.4 Å². The Labute approximate surface area is 211 Å². The summed E-state index contributed by atoms with van der Waals surface area (Å²) in [5.41, 5.74) is 7.70. The minimum Gasteiger partial charge on any atom is -0.444 e. The third kappa shape index (κ3) is 5.59. The third-order valence-corrected chi connectivity index (χ3v) is 7.25. The van der Waals surface area contributed by atoms with E-state index < -0.39 is 48.0 Å². The van der Waals surface area contributed by atoms with Gasteiger partial charge in [-0.1, -0.05) is 0 Å². The minimum absolute atomic E-state index is 0.0959. The van der Waals surface area contributed by atoms with Crippen molar-refractivity contribution in [3.63, 3.8) is 0 Å². The predicted molar refractivity (Wildman–Crippen MR) is 126 cm³/mol. The number of amides is 5. The molecule has 14 heteroatoms. The standard InChI is InChI=1S/C22H30N6O7S/c1-13-18(28(22(33)35-13)10-17(29)26-5-7-34-8-6-26)20(31)25-15(9-14-11-36-12-24-14)21(32)27-4-2-3-16(27)19(23)30/h11-13,15-16,18H,2-10H2,1H3,(H2,23,30)(H,25,31)/t13-,15-,16-,18-/m0/s1. The van der Waals surface area contributed by atoms with E-state index in [1.54, 1.807) is 22.7 Å². The number of cyclic esters (lactones) is 1. The van der Waals surface area contributed by atoms with Crippen LogP contribution in [-0.2, 0) is 35.1 Å². The molecular formula is C22H30N6O7S. The fourth-order valence-electron chi connectivity index (χ4n) is 4.77. The lowest BCUT2D eigenvalue weighted by atomic mass is 10.1. The lowest BCUT2D eigenvalue weighted by molar-refractivity contribution is -0.141. The number of carbonyl (C=O) groups is 5. The Balaban J connectivity index is 1.50. The van der Waals surface area contributed by atoms with Gasteiger partial charge in [0.15, 0.2) is 6.04 Å². The molecule has 4 rings (SSSR count). The van der Waals surface area contributed by atoms with E-state index in [1.165, 1.54) is 16.2 Å². The molecule has 3 aliphatic heterocycles. The Bertz CT molecular complexity index is 999. The van der Waals surface area contributed by atoms with E-state index in [1.807, 2.05) is 0 Å². The highest BCUT2D eigenvalue weighted by Gasteiger charge is 2.46. The highest BCUT2D eigenvalue weighted by atomic mass is 32.1. The normalized spacial score (nSPS) is 25.0. The van der Waals surface area contributed by atoms with Gasteiger partial charge in [-0.25, -0.2) is 9.78 Å². The fourth-order valence-corrected chi connectivity index (χ4v) is 5.34. The summed E-state index contributed by atoms with van der Waals surface area (Å²) < 4.78 is 10.5. The molecule has 3 aliphatic rings. The van der Waals surface area contributed by atoms with Crippen molar-refractivity contribution in [2.75, 3.05) is 39.4 Å². The maximum atomic E-state index is 13.4. The zero-order valence-corrected chi connectivity index (χ0v) is 20.8. The largest absolute Gasteiger partial charge is 0.444 e. The number of nitrogens with one attached hydrogen (secondary N) is 1. The van der Waals surface area contributed by atoms with Crippen LogP contribution in [0, 0.1) is 0 Å². The summed E-state index contributed by atoms with van der Waals surface area (Å²) in [6.07, 6.45) is -0.442. The highest BCUT2D eigenvalue weighted by Crippen LogP contribution is 2.22. The van der Waals surface area contributed by atoms with Crippen LogP contribution in [0.5, 0.6) is 0 Å². The molecule has 1 aromatic rings. The van der Waals surface area contributed by atoms with E-state index in [2.05, 4.69) is 10.3 Å². The molecule has 5 amide bonds. The van der Waals surface area contributed by atoms with Crippen molar-refractivity contribution in [2.45, 2.75) is 50.4 Å². The first kappa shape index (κ1) is 25.8. The zero-order chi connectivity index (χ0) is 25.8. The maximum Gasteiger partial charge on any atom is 0.411 e. The average Bonchev–Trinajstić information content (AvgIpc) is 3.60. The van der Waals surface area contributed by atoms with Gasteiger partial charge in [-0.3, -0.25) is 24.1 Å². The molecule has 0 saturated carbocycles. The summed E-state index contributed by atoms with van der Waals surface area (Å²) in [5.74, 6) is -2.01. The van der Waals surface area contributed by atoms with Crippen LogP contribution < -0.4 is 11.1 Å². The molecule has 196 valence electrons. The molecule has 36 heavy (non-hydrogen) atoms. The number of nitrogens with zero attached hydrogens (tertiary/aromatic N) is 4. The molecular weight excluding hydrogens is 492 g/mol. The van der Waals surface area contributed by atoms with Crippen LogP contribution >= 0.6 is 11.3 Å².